The van der Waals surface area contributed by atoms with Gasteiger partial charge in [-0.25, -0.2) is 9.59 Å². The highest BCUT2D eigenvalue weighted by Gasteiger charge is 2.39. The summed E-state index contributed by atoms with van der Waals surface area (Å²) in [5.74, 6) is -2.75. The summed E-state index contributed by atoms with van der Waals surface area (Å²) in [6.45, 7) is 4.85. The van der Waals surface area contributed by atoms with Crippen LogP contribution in [0.15, 0.2) is 77.1 Å². The number of hydrogen-bond donors (Lipinski definition) is 3. The van der Waals surface area contributed by atoms with Crippen molar-refractivity contribution in [3.8, 4) is 0 Å². The molecule has 9 nitrogen and oxygen atoms in total. The van der Waals surface area contributed by atoms with Crippen LogP contribution in [0.2, 0.25) is 0 Å². The summed E-state index contributed by atoms with van der Waals surface area (Å²) in [5.41, 5.74) is 2.12. The van der Waals surface area contributed by atoms with Gasteiger partial charge in [-0.3, -0.25) is 10.1 Å². The van der Waals surface area contributed by atoms with E-state index >= 15 is 0 Å². The van der Waals surface area contributed by atoms with E-state index < -0.39 is 28.9 Å². The molecule has 1 saturated heterocycles. The number of benzene rings is 2. The molecule has 0 amide bonds. The molecule has 2 unspecified atom stereocenters. The number of halogens is 1. The van der Waals surface area contributed by atoms with Crippen molar-refractivity contribution in [1.82, 2.24) is 10.6 Å². The summed E-state index contributed by atoms with van der Waals surface area (Å²) < 4.78 is 6.11. The number of nitrogens with zero attached hydrogens (tertiary/aromatic N) is 1. The highest BCUT2D eigenvalue weighted by Crippen LogP contribution is 2.40. The van der Waals surface area contributed by atoms with Crippen molar-refractivity contribution in [2.45, 2.75) is 38.7 Å². The summed E-state index contributed by atoms with van der Waals surface area (Å²) in [7, 11) is 0. The van der Waals surface area contributed by atoms with Crippen molar-refractivity contribution < 1.29 is 24.4 Å². The van der Waals surface area contributed by atoms with Crippen LogP contribution in [0.5, 0.6) is 0 Å². The first-order valence-corrected chi connectivity index (χ1v) is 11.9. The van der Waals surface area contributed by atoms with Gasteiger partial charge in [-0.05, 0) is 37.9 Å². The average Bonchev–Trinajstić information content (AvgIpc) is 3.38. The number of rotatable bonds is 8. The number of esters is 1. The van der Waals surface area contributed by atoms with Gasteiger partial charge in [0.1, 0.15) is 6.10 Å². The van der Waals surface area contributed by atoms with E-state index in [4.69, 9.17) is 4.74 Å². The van der Waals surface area contributed by atoms with Crippen molar-refractivity contribution in [1.29, 1.82) is 0 Å². The first kappa shape index (κ1) is 27.9. The number of non-ortho nitro benzene ring substituents is 1. The van der Waals surface area contributed by atoms with Crippen LogP contribution >= 0.6 is 12.4 Å². The molecule has 2 aromatic carbocycles. The molecule has 10 heteroatoms. The Balaban J connectivity index is 0.00000380. The van der Waals surface area contributed by atoms with Crippen LogP contribution < -0.4 is 10.6 Å². The Morgan fingerprint density at radius 1 is 1.11 bits per heavy atom. The van der Waals surface area contributed by atoms with Gasteiger partial charge in [0.15, 0.2) is 0 Å². The van der Waals surface area contributed by atoms with Gasteiger partial charge in [-0.15, -0.1) is 12.4 Å². The van der Waals surface area contributed by atoms with E-state index in [0.29, 0.717) is 23.4 Å². The number of hydrogen-bond acceptors (Lipinski definition) is 7. The second-order valence-electron chi connectivity index (χ2n) is 9.18. The van der Waals surface area contributed by atoms with Crippen molar-refractivity contribution in [2.24, 2.45) is 5.92 Å². The van der Waals surface area contributed by atoms with Crippen LogP contribution in [0.25, 0.3) is 0 Å². The van der Waals surface area contributed by atoms with E-state index in [1.807, 2.05) is 30.3 Å². The summed E-state index contributed by atoms with van der Waals surface area (Å²) in [5, 5.41) is 27.8. The second kappa shape index (κ2) is 12.0. The lowest BCUT2D eigenvalue weighted by molar-refractivity contribution is -0.384. The summed E-state index contributed by atoms with van der Waals surface area (Å²) in [6, 6.07) is 15.5. The first-order valence-electron chi connectivity index (χ1n) is 11.9. The number of ether oxygens (including phenoxy) is 1. The van der Waals surface area contributed by atoms with Crippen molar-refractivity contribution in [3.63, 3.8) is 0 Å². The lowest BCUT2D eigenvalue weighted by atomic mass is 9.80. The Labute approximate surface area is 221 Å². The Morgan fingerprint density at radius 3 is 2.43 bits per heavy atom. The molecule has 1 fully saturated rings. The predicted octanol–water partition coefficient (Wildman–Crippen LogP) is 4.10. The molecule has 2 heterocycles. The number of carboxylic acids is 1. The standard InChI is InChI=1S/C27H29N3O6.ClH/c1-16-23(26(31)32)25(19-9-6-10-21(14-19)30(34)35)24(17(2)29-16)27(33)36-22(20-11-12-28-15-20)13-18-7-4-3-5-8-18;/h3-10,14,20,22,25,28-29H,11-13,15H2,1-2H3,(H,31,32);1H/t20?,22?,25-;/m0./s1. The number of allylic oxidation sites excluding steroid dienone is 2. The highest BCUT2D eigenvalue weighted by molar-refractivity contribution is 5.99. The molecule has 196 valence electrons. The number of aliphatic carboxylic acids is 1. The zero-order valence-electron chi connectivity index (χ0n) is 20.6. The molecule has 37 heavy (non-hydrogen) atoms. The molecular formula is C27H30ClN3O6. The van der Waals surface area contributed by atoms with E-state index in [1.165, 1.54) is 18.2 Å². The minimum Gasteiger partial charge on any atom is -0.478 e. The number of carboxylic acid groups (broad SMARTS) is 1. The van der Waals surface area contributed by atoms with Gasteiger partial charge in [-0.1, -0.05) is 42.5 Å². The van der Waals surface area contributed by atoms with E-state index in [-0.39, 0.29) is 35.2 Å². The molecule has 0 saturated carbocycles. The number of carbonyl (C=O) groups is 2. The van der Waals surface area contributed by atoms with Gasteiger partial charge >= 0.3 is 11.9 Å². The average molecular weight is 528 g/mol. The van der Waals surface area contributed by atoms with Crippen LogP contribution in [-0.2, 0) is 20.7 Å². The van der Waals surface area contributed by atoms with Gasteiger partial charge < -0.3 is 20.5 Å². The molecule has 0 aromatic heterocycles. The molecular weight excluding hydrogens is 498 g/mol. The smallest absolute Gasteiger partial charge is 0.337 e. The van der Waals surface area contributed by atoms with Gasteiger partial charge in [-0.2, -0.15) is 0 Å². The van der Waals surface area contributed by atoms with Crippen LogP contribution in [-0.4, -0.2) is 41.2 Å². The summed E-state index contributed by atoms with van der Waals surface area (Å²) in [4.78, 5) is 36.9. The number of nitro benzene ring substituents is 1. The van der Waals surface area contributed by atoms with E-state index in [1.54, 1.807) is 19.9 Å². The zero-order valence-corrected chi connectivity index (χ0v) is 21.4. The number of dihydropyridines is 1. The van der Waals surface area contributed by atoms with Gasteiger partial charge in [0, 0.05) is 42.4 Å². The SMILES string of the molecule is CC1=C(C(=O)O)[C@H](c2cccc([N+](=O)[O-])c2)C(C(=O)OC(Cc2ccccc2)C2CCNC2)=C(C)N1.Cl. The molecule has 0 aliphatic carbocycles. The Kier molecular flexibility index (Phi) is 9.07. The topological polar surface area (TPSA) is 131 Å². The van der Waals surface area contributed by atoms with Crippen LogP contribution in [0, 0.1) is 16.0 Å². The largest absolute Gasteiger partial charge is 0.478 e. The molecule has 3 atom stereocenters. The van der Waals surface area contributed by atoms with Crippen molar-refractivity contribution >= 4 is 30.0 Å². The molecule has 0 spiro atoms. The van der Waals surface area contributed by atoms with Crippen molar-refractivity contribution in [2.75, 3.05) is 13.1 Å². The monoisotopic (exact) mass is 527 g/mol. The molecule has 0 radical (unpaired) electrons. The molecule has 2 aliphatic rings. The fourth-order valence-electron chi connectivity index (χ4n) is 5.05. The summed E-state index contributed by atoms with van der Waals surface area (Å²) >= 11 is 0. The lowest BCUT2D eigenvalue weighted by Crippen LogP contribution is -2.36. The van der Waals surface area contributed by atoms with Crippen LogP contribution in [0.3, 0.4) is 0 Å². The second-order valence-corrected chi connectivity index (χ2v) is 9.18. The van der Waals surface area contributed by atoms with Gasteiger partial charge in [0.2, 0.25) is 0 Å². The number of nitro groups is 1. The Bertz CT molecular complexity index is 1240. The normalized spacial score (nSPS) is 20.1. The summed E-state index contributed by atoms with van der Waals surface area (Å²) in [6.07, 6.45) is 0.969. The minimum atomic E-state index is -1.21. The quantitative estimate of drug-likeness (QED) is 0.266. The fourth-order valence-corrected chi connectivity index (χ4v) is 5.05. The third-order valence-electron chi connectivity index (χ3n) is 6.79. The Hall–Kier alpha value is -3.69. The zero-order chi connectivity index (χ0) is 25.8. The van der Waals surface area contributed by atoms with E-state index in [2.05, 4.69) is 10.6 Å². The maximum atomic E-state index is 13.8. The molecule has 2 aromatic rings. The van der Waals surface area contributed by atoms with E-state index in [9.17, 15) is 24.8 Å². The van der Waals surface area contributed by atoms with Gasteiger partial charge in [0.05, 0.1) is 22.0 Å². The van der Waals surface area contributed by atoms with Crippen LogP contribution in [0.1, 0.15) is 37.3 Å². The van der Waals surface area contributed by atoms with E-state index in [0.717, 1.165) is 25.1 Å². The molecule has 3 N–H and O–H groups in total. The highest BCUT2D eigenvalue weighted by atomic mass is 35.5. The van der Waals surface area contributed by atoms with Gasteiger partial charge in [0.25, 0.3) is 5.69 Å². The van der Waals surface area contributed by atoms with Crippen molar-refractivity contribution in [3.05, 3.63) is 98.4 Å². The number of carbonyl (C=O) groups excluding carboxylic acids is 1. The Morgan fingerprint density at radius 2 is 1.81 bits per heavy atom. The predicted molar refractivity (Wildman–Crippen MR) is 140 cm³/mol. The maximum absolute atomic E-state index is 13.8. The molecule has 4 rings (SSSR count). The lowest BCUT2D eigenvalue weighted by Gasteiger charge is -2.31. The third-order valence-corrected chi connectivity index (χ3v) is 6.79. The molecule has 2 aliphatic heterocycles. The third kappa shape index (κ3) is 6.18. The van der Waals surface area contributed by atoms with Crippen LogP contribution in [0.4, 0.5) is 5.69 Å². The first-order chi connectivity index (χ1) is 17.3. The fraction of sp³-hybridized carbons (Fsp3) is 0.333. The minimum absolute atomic E-state index is 0. The maximum Gasteiger partial charge on any atom is 0.337 e. The number of nitrogens with one attached hydrogen (secondary N) is 2. The molecule has 0 bridgehead atoms.